The summed E-state index contributed by atoms with van der Waals surface area (Å²) in [7, 11) is 5.37. The Kier molecular flexibility index (Phi) is 8.89. The highest BCUT2D eigenvalue weighted by Crippen LogP contribution is 2.64. The predicted molar refractivity (Wildman–Crippen MR) is 125 cm³/mol. The van der Waals surface area contributed by atoms with Crippen LogP contribution in [0.25, 0.3) is 0 Å². The first-order valence-corrected chi connectivity index (χ1v) is 11.0. The number of alkyl halides is 3. The van der Waals surface area contributed by atoms with Gasteiger partial charge >= 0.3 is 6.18 Å². The van der Waals surface area contributed by atoms with Gasteiger partial charge in [0.05, 0.1) is 5.41 Å². The van der Waals surface area contributed by atoms with Crippen LogP contribution in [0, 0.1) is 11.3 Å². The van der Waals surface area contributed by atoms with Gasteiger partial charge in [-0.25, -0.2) is 0 Å². The first kappa shape index (κ1) is 26.6. The Labute approximate surface area is 194 Å². The average molecular weight is 466 g/mol. The number of allylic oxidation sites excluding steroid dienone is 3. The molecule has 0 aromatic heterocycles. The highest BCUT2D eigenvalue weighted by Gasteiger charge is 2.67. The van der Waals surface area contributed by atoms with E-state index >= 15 is 0 Å². The Morgan fingerprint density at radius 1 is 1.27 bits per heavy atom. The largest absolute Gasteiger partial charge is 0.508 e. The molecule has 182 valence electrons. The van der Waals surface area contributed by atoms with Crippen LogP contribution in [0.4, 0.5) is 13.2 Å². The predicted octanol–water partition coefficient (Wildman–Crippen LogP) is 4.53. The van der Waals surface area contributed by atoms with Gasteiger partial charge in [-0.05, 0) is 64.1 Å². The number of benzene rings is 1. The van der Waals surface area contributed by atoms with Crippen LogP contribution in [0.3, 0.4) is 0 Å². The molecule has 1 aliphatic rings. The third kappa shape index (κ3) is 7.19. The van der Waals surface area contributed by atoms with Crippen molar-refractivity contribution >= 4 is 11.6 Å². The van der Waals surface area contributed by atoms with Crippen LogP contribution in [0.1, 0.15) is 31.7 Å². The molecule has 2 atom stereocenters. The quantitative estimate of drug-likeness (QED) is 0.373. The first-order valence-electron chi connectivity index (χ1n) is 11.0. The number of likely N-dealkylation sites (N-methyl/N-ethyl adjacent to an activating group) is 1. The Bertz CT molecular complexity index is 885. The molecule has 1 fully saturated rings. The van der Waals surface area contributed by atoms with Gasteiger partial charge in [0, 0.05) is 37.7 Å². The van der Waals surface area contributed by atoms with Crippen molar-refractivity contribution < 1.29 is 23.1 Å². The van der Waals surface area contributed by atoms with E-state index in [1.54, 1.807) is 38.3 Å². The van der Waals surface area contributed by atoms with Crippen molar-refractivity contribution in [2.45, 2.75) is 44.8 Å². The van der Waals surface area contributed by atoms with E-state index in [9.17, 15) is 23.1 Å². The van der Waals surface area contributed by atoms with Gasteiger partial charge < -0.3 is 15.3 Å². The first-order chi connectivity index (χ1) is 15.4. The molecule has 2 N–H and O–H groups in total. The van der Waals surface area contributed by atoms with Gasteiger partial charge in [-0.15, -0.1) is 0 Å². The fraction of sp³-hybridized carbons (Fsp3) is 0.520. The molecule has 5 nitrogen and oxygen atoms in total. The summed E-state index contributed by atoms with van der Waals surface area (Å²) in [5.74, 6) is -1.27. The number of halogens is 3. The van der Waals surface area contributed by atoms with E-state index in [0.717, 1.165) is 5.56 Å². The minimum atomic E-state index is -4.40. The number of hydrogen-bond donors (Lipinski definition) is 2. The molecule has 1 saturated carbocycles. The van der Waals surface area contributed by atoms with Crippen LogP contribution in [0.2, 0.25) is 0 Å². The highest BCUT2D eigenvalue weighted by molar-refractivity contribution is 5.93. The third-order valence-electron chi connectivity index (χ3n) is 6.42. The number of amides is 1. The van der Waals surface area contributed by atoms with Crippen molar-refractivity contribution in [3.8, 4) is 5.75 Å². The van der Waals surface area contributed by atoms with E-state index in [4.69, 9.17) is 0 Å². The molecule has 1 aliphatic carbocycles. The van der Waals surface area contributed by atoms with Crippen molar-refractivity contribution in [2.75, 3.05) is 27.7 Å². The van der Waals surface area contributed by atoms with Gasteiger partial charge in [0.25, 0.3) is 0 Å². The summed E-state index contributed by atoms with van der Waals surface area (Å²) in [5.41, 5.74) is 0.0466. The van der Waals surface area contributed by atoms with Gasteiger partial charge in [-0.1, -0.05) is 30.4 Å². The zero-order valence-corrected chi connectivity index (χ0v) is 19.7. The summed E-state index contributed by atoms with van der Waals surface area (Å²) in [5, 5.41) is 12.3. The Balaban J connectivity index is 2.09. The van der Waals surface area contributed by atoms with Crippen molar-refractivity contribution in [3.63, 3.8) is 0 Å². The fourth-order valence-electron chi connectivity index (χ4n) is 3.89. The van der Waals surface area contributed by atoms with Crippen molar-refractivity contribution in [2.24, 2.45) is 16.3 Å². The molecular formula is C25H34F3N3O2. The molecule has 0 heterocycles. The van der Waals surface area contributed by atoms with Crippen LogP contribution in [-0.2, 0) is 11.2 Å². The molecule has 0 bridgehead atoms. The maximum atomic E-state index is 13.9. The number of carbonyl (C=O) groups is 1. The number of nitrogens with one attached hydrogen (secondary N) is 1. The molecule has 0 spiro atoms. The van der Waals surface area contributed by atoms with Crippen LogP contribution in [-0.4, -0.2) is 61.5 Å². The molecule has 0 aliphatic heterocycles. The Morgan fingerprint density at radius 3 is 2.36 bits per heavy atom. The summed E-state index contributed by atoms with van der Waals surface area (Å²) in [6.07, 6.45) is -0.877. The second-order valence-electron chi connectivity index (χ2n) is 8.98. The Morgan fingerprint density at radius 2 is 1.88 bits per heavy atom. The van der Waals surface area contributed by atoms with Crippen LogP contribution >= 0.6 is 0 Å². The average Bonchev–Trinajstić information content (AvgIpc) is 3.56. The zero-order valence-electron chi connectivity index (χ0n) is 19.7. The van der Waals surface area contributed by atoms with Crippen LogP contribution < -0.4 is 5.32 Å². The van der Waals surface area contributed by atoms with Crippen LogP contribution in [0.5, 0.6) is 5.75 Å². The summed E-state index contributed by atoms with van der Waals surface area (Å²) < 4.78 is 41.6. The topological polar surface area (TPSA) is 64.9 Å². The number of carbonyl (C=O) groups excluding carboxylic acids is 1. The maximum Gasteiger partial charge on any atom is 0.395 e. The van der Waals surface area contributed by atoms with Gasteiger partial charge in [0.2, 0.25) is 5.91 Å². The number of phenols is 1. The van der Waals surface area contributed by atoms with E-state index in [1.807, 2.05) is 31.1 Å². The monoisotopic (exact) mass is 465 g/mol. The molecule has 0 saturated heterocycles. The molecule has 2 rings (SSSR count). The van der Waals surface area contributed by atoms with Gasteiger partial charge in [0.1, 0.15) is 5.75 Å². The third-order valence-corrected chi connectivity index (χ3v) is 6.42. The summed E-state index contributed by atoms with van der Waals surface area (Å²) >= 11 is 0. The van der Waals surface area contributed by atoms with E-state index in [-0.39, 0.29) is 36.6 Å². The van der Waals surface area contributed by atoms with Crippen molar-refractivity contribution in [3.05, 3.63) is 54.1 Å². The van der Waals surface area contributed by atoms with E-state index in [0.29, 0.717) is 18.7 Å². The van der Waals surface area contributed by atoms with E-state index in [1.165, 1.54) is 0 Å². The van der Waals surface area contributed by atoms with Crippen molar-refractivity contribution in [1.29, 1.82) is 0 Å². The van der Waals surface area contributed by atoms with Gasteiger partial charge in [0.15, 0.2) is 0 Å². The lowest BCUT2D eigenvalue weighted by molar-refractivity contribution is -0.199. The number of aliphatic imine (C=N–C) groups is 1. The highest BCUT2D eigenvalue weighted by atomic mass is 19.4. The minimum Gasteiger partial charge on any atom is -0.508 e. The molecule has 1 aromatic carbocycles. The molecular weight excluding hydrogens is 431 g/mol. The van der Waals surface area contributed by atoms with Crippen molar-refractivity contribution in [1.82, 2.24) is 10.2 Å². The summed E-state index contributed by atoms with van der Waals surface area (Å²) in [6.45, 7) is 5.91. The SMILES string of the molecule is C=C(/C=C\C(C)=NC)[C@H](CC(=O)NC[C@H](Cc1ccc(O)cc1)N(C)C)C1(C(F)(F)F)CC1. The number of rotatable bonds is 11. The molecule has 0 unspecified atom stereocenters. The van der Waals surface area contributed by atoms with E-state index in [2.05, 4.69) is 16.9 Å². The van der Waals surface area contributed by atoms with Crippen LogP contribution in [0.15, 0.2) is 53.6 Å². The number of nitrogens with zero attached hydrogens (tertiary/aromatic N) is 2. The summed E-state index contributed by atoms with van der Waals surface area (Å²) in [6, 6.07) is 6.76. The Hall–Kier alpha value is -2.61. The molecule has 1 amide bonds. The summed E-state index contributed by atoms with van der Waals surface area (Å²) in [4.78, 5) is 18.7. The maximum absolute atomic E-state index is 13.9. The second-order valence-corrected chi connectivity index (χ2v) is 8.98. The smallest absolute Gasteiger partial charge is 0.395 e. The van der Waals surface area contributed by atoms with Gasteiger partial charge in [-0.2, -0.15) is 13.2 Å². The normalized spacial score (nSPS) is 17.8. The zero-order chi connectivity index (χ0) is 24.8. The van der Waals surface area contributed by atoms with E-state index < -0.39 is 23.4 Å². The molecule has 8 heteroatoms. The molecule has 0 radical (unpaired) electrons. The lowest BCUT2D eigenvalue weighted by Gasteiger charge is -2.30. The number of phenolic OH excluding ortho intramolecular Hbond substituents is 1. The number of aromatic hydroxyl groups is 1. The minimum absolute atomic E-state index is 0.00330. The lowest BCUT2D eigenvalue weighted by atomic mass is 9.80. The standard InChI is InChI=1S/C25H34F3N3O2/c1-17(6-7-18(2)29-3)22(24(12-13-24)25(26,27)28)15-23(33)30-16-20(31(4)5)14-19-8-10-21(32)11-9-19/h6-11,20,22,32H,1,12-16H2,2-5H3,(H,30,33)/b7-6-,29-18?/t20-,22-/m0/s1. The number of hydrogen-bond acceptors (Lipinski definition) is 4. The van der Waals surface area contributed by atoms with Gasteiger partial charge in [-0.3, -0.25) is 9.79 Å². The fourth-order valence-corrected chi connectivity index (χ4v) is 3.89. The molecule has 33 heavy (non-hydrogen) atoms. The second kappa shape index (κ2) is 11.0. The molecule has 1 aromatic rings. The lowest BCUT2D eigenvalue weighted by Crippen LogP contribution is -2.43.